The molecule has 24 heavy (non-hydrogen) atoms. The number of rotatable bonds is 5. The van der Waals surface area contributed by atoms with Gasteiger partial charge in [-0.3, -0.25) is 4.79 Å². The molecule has 0 radical (unpaired) electrons. The number of hydrogen-bond donors (Lipinski definition) is 0. The van der Waals surface area contributed by atoms with E-state index < -0.39 is 0 Å². The Hall–Kier alpha value is -2.36. The first-order valence-electron chi connectivity index (χ1n) is 8.75. The maximum Gasteiger partial charge on any atom is 0.257 e. The molecule has 0 spiro atoms. The lowest BCUT2D eigenvalue weighted by Crippen LogP contribution is -2.37. The topological polar surface area (TPSA) is 36.4 Å². The highest BCUT2D eigenvalue weighted by atomic mass is 16.2. The number of nitrogens with zero attached hydrogens (tertiary/aromatic N) is 3. The standard InChI is InChI=1S/C20H25N3O/c1-22(16-12-17-9-4-2-5-10-17)19-18(11-8-13-21-19)20(24)23-14-6-3-7-15-23/h2,4-5,8-11,13H,3,6-7,12,14-16H2,1H3. The summed E-state index contributed by atoms with van der Waals surface area (Å²) in [5, 5.41) is 0. The summed E-state index contributed by atoms with van der Waals surface area (Å²) in [6.45, 7) is 2.56. The molecule has 1 aliphatic heterocycles. The van der Waals surface area contributed by atoms with Crippen LogP contribution in [0.3, 0.4) is 0 Å². The van der Waals surface area contributed by atoms with Gasteiger partial charge >= 0.3 is 0 Å². The molecule has 0 atom stereocenters. The number of piperidine rings is 1. The Balaban J connectivity index is 1.71. The predicted molar refractivity (Wildman–Crippen MR) is 97.4 cm³/mol. The normalized spacial score (nSPS) is 14.5. The van der Waals surface area contributed by atoms with Gasteiger partial charge in [0, 0.05) is 32.9 Å². The van der Waals surface area contributed by atoms with E-state index in [-0.39, 0.29) is 5.91 Å². The number of carbonyl (C=O) groups is 1. The molecule has 0 aliphatic carbocycles. The van der Waals surface area contributed by atoms with Gasteiger partial charge in [0.1, 0.15) is 5.82 Å². The minimum atomic E-state index is 0.115. The van der Waals surface area contributed by atoms with Crippen LogP contribution in [0.4, 0.5) is 5.82 Å². The lowest BCUT2D eigenvalue weighted by atomic mass is 10.1. The van der Waals surface area contributed by atoms with Gasteiger partial charge in [0.15, 0.2) is 0 Å². The fourth-order valence-electron chi connectivity index (χ4n) is 3.18. The van der Waals surface area contributed by atoms with E-state index in [4.69, 9.17) is 0 Å². The van der Waals surface area contributed by atoms with Crippen molar-refractivity contribution in [1.82, 2.24) is 9.88 Å². The second kappa shape index (κ2) is 7.95. The van der Waals surface area contributed by atoms with Crippen molar-refractivity contribution in [2.24, 2.45) is 0 Å². The number of likely N-dealkylation sites (tertiary alicyclic amines) is 1. The van der Waals surface area contributed by atoms with Crippen LogP contribution in [-0.2, 0) is 6.42 Å². The molecule has 1 aromatic carbocycles. The molecule has 1 fully saturated rings. The smallest absolute Gasteiger partial charge is 0.257 e. The molecule has 4 nitrogen and oxygen atoms in total. The van der Waals surface area contributed by atoms with Crippen LogP contribution >= 0.6 is 0 Å². The summed E-state index contributed by atoms with van der Waals surface area (Å²) in [5.74, 6) is 0.897. The first-order valence-corrected chi connectivity index (χ1v) is 8.75. The summed E-state index contributed by atoms with van der Waals surface area (Å²) in [6, 6.07) is 14.2. The van der Waals surface area contributed by atoms with Gasteiger partial charge < -0.3 is 9.80 Å². The van der Waals surface area contributed by atoms with Crippen LogP contribution in [0.2, 0.25) is 0 Å². The molecular formula is C20H25N3O. The minimum absolute atomic E-state index is 0.115. The van der Waals surface area contributed by atoms with Crippen LogP contribution in [0.25, 0.3) is 0 Å². The second-order valence-electron chi connectivity index (χ2n) is 6.38. The van der Waals surface area contributed by atoms with Crippen molar-refractivity contribution in [2.45, 2.75) is 25.7 Å². The highest BCUT2D eigenvalue weighted by molar-refractivity contribution is 5.98. The van der Waals surface area contributed by atoms with Gasteiger partial charge in [0.05, 0.1) is 5.56 Å². The van der Waals surface area contributed by atoms with E-state index in [0.29, 0.717) is 0 Å². The summed E-state index contributed by atoms with van der Waals surface area (Å²) >= 11 is 0. The zero-order chi connectivity index (χ0) is 16.8. The summed E-state index contributed by atoms with van der Waals surface area (Å²) in [6.07, 6.45) is 6.13. The molecule has 0 N–H and O–H groups in total. The molecule has 3 rings (SSSR count). The Labute approximate surface area is 144 Å². The Morgan fingerprint density at radius 2 is 1.83 bits per heavy atom. The number of carbonyl (C=O) groups excluding carboxylic acids is 1. The average molecular weight is 323 g/mol. The number of likely N-dealkylation sites (N-methyl/N-ethyl adjacent to an activating group) is 1. The van der Waals surface area contributed by atoms with Gasteiger partial charge in [0.25, 0.3) is 5.91 Å². The maximum absolute atomic E-state index is 12.9. The van der Waals surface area contributed by atoms with E-state index in [1.165, 1.54) is 12.0 Å². The molecule has 1 aromatic heterocycles. The summed E-state index contributed by atoms with van der Waals surface area (Å²) in [7, 11) is 2.01. The third-order valence-electron chi connectivity index (χ3n) is 4.60. The van der Waals surface area contributed by atoms with E-state index in [1.807, 2.05) is 30.1 Å². The SMILES string of the molecule is CN(CCc1ccccc1)c1ncccc1C(=O)N1CCCCC1. The Kier molecular flexibility index (Phi) is 5.47. The number of anilines is 1. The molecule has 0 bridgehead atoms. The molecule has 2 heterocycles. The van der Waals surface area contributed by atoms with Gasteiger partial charge in [-0.2, -0.15) is 0 Å². The van der Waals surface area contributed by atoms with Crippen LogP contribution in [0, 0.1) is 0 Å². The van der Waals surface area contributed by atoms with E-state index >= 15 is 0 Å². The molecule has 1 amide bonds. The minimum Gasteiger partial charge on any atom is -0.359 e. The zero-order valence-corrected chi connectivity index (χ0v) is 14.3. The fraction of sp³-hybridized carbons (Fsp3) is 0.400. The first-order chi connectivity index (χ1) is 11.8. The van der Waals surface area contributed by atoms with Gasteiger partial charge in [-0.15, -0.1) is 0 Å². The van der Waals surface area contributed by atoms with Crippen molar-refractivity contribution < 1.29 is 4.79 Å². The summed E-state index contributed by atoms with van der Waals surface area (Å²) in [4.78, 5) is 21.4. The van der Waals surface area contributed by atoms with Crippen LogP contribution in [0.15, 0.2) is 48.7 Å². The van der Waals surface area contributed by atoms with Gasteiger partial charge in [-0.1, -0.05) is 30.3 Å². The molecule has 1 aliphatic rings. The predicted octanol–water partition coefficient (Wildman–Crippen LogP) is 3.39. The summed E-state index contributed by atoms with van der Waals surface area (Å²) < 4.78 is 0. The van der Waals surface area contributed by atoms with Crippen molar-refractivity contribution in [2.75, 3.05) is 31.6 Å². The van der Waals surface area contributed by atoms with E-state index in [0.717, 1.165) is 50.3 Å². The van der Waals surface area contributed by atoms with Gasteiger partial charge in [0.2, 0.25) is 0 Å². The highest BCUT2D eigenvalue weighted by Crippen LogP contribution is 2.20. The van der Waals surface area contributed by atoms with Crippen LogP contribution in [0.1, 0.15) is 35.2 Å². The third kappa shape index (κ3) is 3.94. The van der Waals surface area contributed by atoms with Crippen LogP contribution in [-0.4, -0.2) is 42.5 Å². The van der Waals surface area contributed by atoms with E-state index in [9.17, 15) is 4.79 Å². The first kappa shape index (κ1) is 16.5. The lowest BCUT2D eigenvalue weighted by molar-refractivity contribution is 0.0724. The monoisotopic (exact) mass is 323 g/mol. The Morgan fingerprint density at radius 1 is 1.08 bits per heavy atom. The Bertz CT molecular complexity index is 666. The lowest BCUT2D eigenvalue weighted by Gasteiger charge is -2.28. The van der Waals surface area contributed by atoms with Crippen molar-refractivity contribution >= 4 is 11.7 Å². The number of aromatic nitrogens is 1. The quantitative estimate of drug-likeness (QED) is 0.846. The second-order valence-corrected chi connectivity index (χ2v) is 6.38. The average Bonchev–Trinajstić information content (AvgIpc) is 2.67. The molecule has 0 unspecified atom stereocenters. The Morgan fingerprint density at radius 3 is 2.58 bits per heavy atom. The molecular weight excluding hydrogens is 298 g/mol. The third-order valence-corrected chi connectivity index (χ3v) is 4.60. The fourth-order valence-corrected chi connectivity index (χ4v) is 3.18. The molecule has 126 valence electrons. The molecule has 2 aromatic rings. The van der Waals surface area contributed by atoms with Crippen molar-refractivity contribution in [3.05, 3.63) is 59.8 Å². The van der Waals surface area contributed by atoms with Crippen LogP contribution in [0.5, 0.6) is 0 Å². The number of benzene rings is 1. The zero-order valence-electron chi connectivity index (χ0n) is 14.3. The molecule has 0 saturated carbocycles. The molecule has 1 saturated heterocycles. The van der Waals surface area contributed by atoms with E-state index in [1.54, 1.807) is 6.20 Å². The molecule has 4 heteroatoms. The number of hydrogen-bond acceptors (Lipinski definition) is 3. The van der Waals surface area contributed by atoms with Gasteiger partial charge in [-0.05, 0) is 43.4 Å². The maximum atomic E-state index is 12.9. The van der Waals surface area contributed by atoms with Gasteiger partial charge in [-0.25, -0.2) is 4.98 Å². The largest absolute Gasteiger partial charge is 0.359 e. The number of amides is 1. The highest BCUT2D eigenvalue weighted by Gasteiger charge is 2.22. The van der Waals surface area contributed by atoms with Crippen molar-refractivity contribution in [1.29, 1.82) is 0 Å². The summed E-state index contributed by atoms with van der Waals surface area (Å²) in [5.41, 5.74) is 2.01. The van der Waals surface area contributed by atoms with E-state index in [2.05, 4.69) is 34.1 Å². The van der Waals surface area contributed by atoms with Crippen molar-refractivity contribution in [3.63, 3.8) is 0 Å². The van der Waals surface area contributed by atoms with Crippen molar-refractivity contribution in [3.8, 4) is 0 Å². The number of pyridine rings is 1. The van der Waals surface area contributed by atoms with Crippen LogP contribution < -0.4 is 4.90 Å².